The molecule has 2 aliphatic heterocycles. The van der Waals surface area contributed by atoms with Gasteiger partial charge in [-0.1, -0.05) is 11.6 Å². The summed E-state index contributed by atoms with van der Waals surface area (Å²) in [7, 11) is 0. The highest BCUT2D eigenvalue weighted by atomic mass is 35.5. The second kappa shape index (κ2) is 6.90. The lowest BCUT2D eigenvalue weighted by molar-refractivity contribution is 0.464. The number of pyridine rings is 1. The van der Waals surface area contributed by atoms with Gasteiger partial charge in [-0.2, -0.15) is 4.98 Å². The predicted molar refractivity (Wildman–Crippen MR) is 116 cm³/mol. The number of nitrogens with zero attached hydrogens (tertiary/aromatic N) is 3. The van der Waals surface area contributed by atoms with Crippen LogP contribution in [0.15, 0.2) is 23.1 Å². The zero-order chi connectivity index (χ0) is 21.3. The van der Waals surface area contributed by atoms with E-state index in [1.54, 1.807) is 6.20 Å². The first-order valence-electron chi connectivity index (χ1n) is 10.6. The van der Waals surface area contributed by atoms with Crippen LogP contribution < -0.4 is 15.9 Å². The average Bonchev–Trinajstić information content (AvgIpc) is 3.51. The molecule has 2 aromatic heterocycles. The van der Waals surface area contributed by atoms with Crippen molar-refractivity contribution in [3.63, 3.8) is 0 Å². The number of halogens is 2. The van der Waals surface area contributed by atoms with Crippen molar-refractivity contribution in [3.05, 3.63) is 45.2 Å². The molecule has 0 spiro atoms. The van der Waals surface area contributed by atoms with E-state index < -0.39 is 11.5 Å². The van der Waals surface area contributed by atoms with Crippen LogP contribution in [0.3, 0.4) is 0 Å². The fraction of sp³-hybridized carbons (Fsp3) is 0.409. The summed E-state index contributed by atoms with van der Waals surface area (Å²) < 4.78 is 15.8. The van der Waals surface area contributed by atoms with Gasteiger partial charge < -0.3 is 20.3 Å². The lowest BCUT2D eigenvalue weighted by Crippen LogP contribution is -2.51. The Morgan fingerprint density at radius 3 is 2.61 bits per heavy atom. The highest BCUT2D eigenvalue weighted by Crippen LogP contribution is 2.49. The van der Waals surface area contributed by atoms with Gasteiger partial charge in [-0.25, -0.2) is 9.18 Å². The van der Waals surface area contributed by atoms with Gasteiger partial charge in [0.15, 0.2) is 5.82 Å². The Morgan fingerprint density at radius 2 is 1.90 bits per heavy atom. The van der Waals surface area contributed by atoms with E-state index >= 15 is 4.39 Å². The third kappa shape index (κ3) is 3.16. The van der Waals surface area contributed by atoms with Crippen molar-refractivity contribution in [2.75, 3.05) is 18.0 Å². The van der Waals surface area contributed by atoms with E-state index in [1.807, 2.05) is 0 Å². The summed E-state index contributed by atoms with van der Waals surface area (Å²) in [6.45, 7) is 1.44. The van der Waals surface area contributed by atoms with E-state index in [1.165, 1.54) is 12.1 Å². The Bertz CT molecular complexity index is 1260. The molecule has 6 rings (SSSR count). The molecule has 9 heteroatoms. The molecule has 2 bridgehead atoms. The van der Waals surface area contributed by atoms with Crippen LogP contribution in [-0.2, 0) is 0 Å². The highest BCUT2D eigenvalue weighted by Gasteiger charge is 2.34. The van der Waals surface area contributed by atoms with Crippen molar-refractivity contribution in [2.45, 2.75) is 43.7 Å². The van der Waals surface area contributed by atoms with Gasteiger partial charge >= 0.3 is 5.69 Å². The molecule has 1 aliphatic carbocycles. The lowest BCUT2D eigenvalue weighted by Gasteiger charge is -2.34. The number of hydrogen-bond acceptors (Lipinski definition) is 6. The summed E-state index contributed by atoms with van der Waals surface area (Å²) in [5, 5.41) is 14.5. The van der Waals surface area contributed by atoms with Crippen molar-refractivity contribution < 1.29 is 9.50 Å². The van der Waals surface area contributed by atoms with Crippen LogP contribution in [0.4, 0.5) is 10.2 Å². The summed E-state index contributed by atoms with van der Waals surface area (Å²) in [5.74, 6) is 0.000604. The number of rotatable bonds is 3. The van der Waals surface area contributed by atoms with Crippen LogP contribution in [0, 0.1) is 5.82 Å². The van der Waals surface area contributed by atoms with Crippen LogP contribution in [0.25, 0.3) is 22.2 Å². The molecule has 3 aliphatic rings. The van der Waals surface area contributed by atoms with Crippen LogP contribution >= 0.6 is 11.6 Å². The second-order valence-electron chi connectivity index (χ2n) is 8.78. The number of anilines is 1. The molecule has 4 heterocycles. The lowest BCUT2D eigenvalue weighted by atomic mass is 9.98. The number of aromatic hydroxyl groups is 1. The standard InChI is InChI=1S/C22H21ClFN5O2/c23-16-6-13(30)5-14(17(16)10-1-2-10)19-18(24)20-15(7-25-19)21(28-22(31)27-20)29-8-11-3-4-12(9-29)26-11/h5-7,10-12,26,30H,1-4,8-9H2,(H,27,28,31). The van der Waals surface area contributed by atoms with Gasteiger partial charge in [0.25, 0.3) is 0 Å². The zero-order valence-electron chi connectivity index (χ0n) is 16.7. The van der Waals surface area contributed by atoms with E-state index in [0.29, 0.717) is 33.9 Å². The third-order valence-corrected chi connectivity index (χ3v) is 6.88. The normalized spacial score (nSPS) is 23.0. The Balaban J connectivity index is 1.52. The number of H-pyrrole nitrogens is 1. The SMILES string of the molecule is O=c1nc(N2CC3CCC(C2)N3)c2cnc(-c3cc(O)cc(Cl)c3C3CC3)c(F)c2[nH]1. The van der Waals surface area contributed by atoms with Gasteiger partial charge in [0, 0.05) is 42.0 Å². The van der Waals surface area contributed by atoms with Crippen molar-refractivity contribution in [3.8, 4) is 17.0 Å². The summed E-state index contributed by atoms with van der Waals surface area (Å²) >= 11 is 6.38. The average molecular weight is 442 g/mol. The first-order chi connectivity index (χ1) is 15.0. The van der Waals surface area contributed by atoms with Gasteiger partial charge in [0.2, 0.25) is 0 Å². The monoisotopic (exact) mass is 441 g/mol. The first kappa shape index (κ1) is 19.0. The molecule has 1 saturated carbocycles. The van der Waals surface area contributed by atoms with Crippen molar-refractivity contribution in [2.24, 2.45) is 0 Å². The molecule has 7 nitrogen and oxygen atoms in total. The maximum atomic E-state index is 15.8. The quantitative estimate of drug-likeness (QED) is 0.577. The highest BCUT2D eigenvalue weighted by molar-refractivity contribution is 6.32. The summed E-state index contributed by atoms with van der Waals surface area (Å²) in [4.78, 5) is 25.6. The molecular weight excluding hydrogens is 421 g/mol. The number of nitrogens with one attached hydrogen (secondary N) is 2. The Morgan fingerprint density at radius 1 is 1.16 bits per heavy atom. The number of hydrogen-bond donors (Lipinski definition) is 3. The Hall–Kier alpha value is -2.71. The fourth-order valence-electron chi connectivity index (χ4n) is 5.06. The number of aromatic amines is 1. The number of aromatic nitrogens is 3. The number of phenolic OH excluding ortho intramolecular Hbond substituents is 1. The molecule has 2 saturated heterocycles. The molecule has 3 N–H and O–H groups in total. The maximum absolute atomic E-state index is 15.8. The van der Waals surface area contributed by atoms with E-state index in [0.717, 1.165) is 44.3 Å². The van der Waals surface area contributed by atoms with Gasteiger partial charge in [-0.15, -0.1) is 0 Å². The van der Waals surface area contributed by atoms with Crippen LogP contribution in [0.5, 0.6) is 5.75 Å². The molecule has 0 radical (unpaired) electrons. The number of benzene rings is 1. The van der Waals surface area contributed by atoms with Crippen molar-refractivity contribution >= 4 is 28.3 Å². The van der Waals surface area contributed by atoms with Gasteiger partial charge in [0.1, 0.15) is 17.3 Å². The van der Waals surface area contributed by atoms with E-state index in [-0.39, 0.29) is 22.9 Å². The molecule has 3 aromatic rings. The zero-order valence-corrected chi connectivity index (χ0v) is 17.4. The minimum Gasteiger partial charge on any atom is -0.508 e. The summed E-state index contributed by atoms with van der Waals surface area (Å²) in [5.41, 5.74) is 0.806. The molecule has 3 fully saturated rings. The van der Waals surface area contributed by atoms with E-state index in [9.17, 15) is 9.90 Å². The first-order valence-corrected chi connectivity index (χ1v) is 11.0. The summed E-state index contributed by atoms with van der Waals surface area (Å²) in [6.07, 6.45) is 5.65. The van der Waals surface area contributed by atoms with Gasteiger partial charge in [0.05, 0.1) is 10.9 Å². The molecule has 160 valence electrons. The van der Waals surface area contributed by atoms with Gasteiger partial charge in [-0.05, 0) is 49.3 Å². The molecule has 2 unspecified atom stereocenters. The minimum absolute atomic E-state index is 0.0501. The maximum Gasteiger partial charge on any atom is 0.347 e. The smallest absolute Gasteiger partial charge is 0.347 e. The Kier molecular flexibility index (Phi) is 4.23. The molecule has 0 amide bonds. The predicted octanol–water partition coefficient (Wildman–Crippen LogP) is 3.30. The third-order valence-electron chi connectivity index (χ3n) is 6.57. The largest absolute Gasteiger partial charge is 0.508 e. The molecular formula is C22H21ClFN5O2. The van der Waals surface area contributed by atoms with E-state index in [4.69, 9.17) is 11.6 Å². The number of fused-ring (bicyclic) bond motifs is 3. The fourth-order valence-corrected chi connectivity index (χ4v) is 5.42. The Labute approximate surface area is 182 Å². The van der Waals surface area contributed by atoms with Crippen LogP contribution in [-0.4, -0.2) is 45.2 Å². The van der Waals surface area contributed by atoms with Gasteiger partial charge in [-0.3, -0.25) is 4.98 Å². The molecule has 1 aromatic carbocycles. The summed E-state index contributed by atoms with van der Waals surface area (Å²) in [6, 6.07) is 3.66. The van der Waals surface area contributed by atoms with E-state index in [2.05, 4.69) is 25.2 Å². The second-order valence-corrected chi connectivity index (χ2v) is 9.19. The van der Waals surface area contributed by atoms with Crippen LogP contribution in [0.1, 0.15) is 37.2 Å². The topological polar surface area (TPSA) is 94.1 Å². The van der Waals surface area contributed by atoms with Crippen molar-refractivity contribution in [1.82, 2.24) is 20.3 Å². The van der Waals surface area contributed by atoms with Crippen molar-refractivity contribution in [1.29, 1.82) is 0 Å². The molecule has 31 heavy (non-hydrogen) atoms. The number of phenols is 1. The minimum atomic E-state index is -0.639. The van der Waals surface area contributed by atoms with Crippen LogP contribution in [0.2, 0.25) is 5.02 Å². The number of piperazine rings is 1. The molecule has 2 atom stereocenters.